The molecule has 0 bridgehead atoms. The summed E-state index contributed by atoms with van der Waals surface area (Å²) in [6.07, 6.45) is -3.21. The molecular weight excluding hydrogens is 277 g/mol. The van der Waals surface area contributed by atoms with E-state index in [9.17, 15) is 13.2 Å². The number of hydrogen-bond donors (Lipinski definition) is 1. The first-order valence-corrected chi connectivity index (χ1v) is 4.56. The van der Waals surface area contributed by atoms with Crippen molar-refractivity contribution >= 4 is 27.4 Å². The molecule has 8 heteroatoms. The Hall–Kier alpha value is -1.31. The zero-order valence-electron chi connectivity index (χ0n) is 7.09. The summed E-state index contributed by atoms with van der Waals surface area (Å²) in [5.74, 6) is 0.0937. The molecule has 0 unspecified atom stereocenters. The minimum atomic E-state index is -4.53. The van der Waals surface area contributed by atoms with Crippen molar-refractivity contribution in [2.24, 2.45) is 0 Å². The zero-order valence-corrected chi connectivity index (χ0v) is 8.67. The van der Waals surface area contributed by atoms with Crippen LogP contribution >= 0.6 is 15.9 Å². The smallest absolute Gasteiger partial charge is 0.384 e. The van der Waals surface area contributed by atoms with Crippen molar-refractivity contribution in [3.8, 4) is 0 Å². The normalized spacial score (nSPS) is 12.3. The maximum atomic E-state index is 12.4. The Labute approximate surface area is 90.0 Å². The van der Waals surface area contributed by atoms with Crippen LogP contribution in [0.1, 0.15) is 5.69 Å². The van der Waals surface area contributed by atoms with E-state index >= 15 is 0 Å². The molecule has 0 radical (unpaired) electrons. The summed E-state index contributed by atoms with van der Waals surface area (Å²) in [5, 5.41) is 3.34. The minimum absolute atomic E-state index is 0.0438. The number of rotatable bonds is 0. The average Bonchev–Trinajstić information content (AvgIpc) is 2.45. The number of nitrogens with zero attached hydrogens (tertiary/aromatic N) is 3. The molecule has 2 aromatic rings. The number of fused-ring (bicyclic) bond motifs is 1. The van der Waals surface area contributed by atoms with Crippen LogP contribution < -0.4 is 5.73 Å². The van der Waals surface area contributed by atoms with Gasteiger partial charge >= 0.3 is 6.18 Å². The van der Waals surface area contributed by atoms with Crippen molar-refractivity contribution in [2.75, 3.05) is 5.73 Å². The molecule has 4 nitrogen and oxygen atoms in total. The number of aromatic nitrogens is 3. The number of nitrogen functional groups attached to an aromatic ring is 1. The molecule has 0 aliphatic carbocycles. The highest BCUT2D eigenvalue weighted by molar-refractivity contribution is 9.10. The van der Waals surface area contributed by atoms with Crippen LogP contribution in [0.3, 0.4) is 0 Å². The van der Waals surface area contributed by atoms with E-state index in [-0.39, 0.29) is 15.9 Å². The second-order valence-electron chi connectivity index (χ2n) is 2.77. The Morgan fingerprint density at radius 1 is 1.40 bits per heavy atom. The summed E-state index contributed by atoms with van der Waals surface area (Å²) in [6, 6.07) is 1.37. The second-order valence-corrected chi connectivity index (χ2v) is 3.56. The van der Waals surface area contributed by atoms with Crippen molar-refractivity contribution in [1.82, 2.24) is 14.6 Å². The highest BCUT2D eigenvalue weighted by atomic mass is 79.9. The largest absolute Gasteiger partial charge is 0.436 e. The van der Waals surface area contributed by atoms with Crippen LogP contribution in [-0.4, -0.2) is 14.6 Å². The molecule has 80 valence electrons. The van der Waals surface area contributed by atoms with E-state index in [1.165, 1.54) is 12.3 Å². The van der Waals surface area contributed by atoms with Crippen LogP contribution in [0.15, 0.2) is 16.7 Å². The summed E-state index contributed by atoms with van der Waals surface area (Å²) in [4.78, 5) is 3.75. The van der Waals surface area contributed by atoms with E-state index in [1.807, 2.05) is 0 Å². The minimum Gasteiger partial charge on any atom is -0.384 e. The zero-order chi connectivity index (χ0) is 11.2. The van der Waals surface area contributed by atoms with Crippen molar-refractivity contribution < 1.29 is 13.2 Å². The first-order valence-electron chi connectivity index (χ1n) is 3.77. The SMILES string of the molecule is Nc1ccnc2c(Br)c(C(F)(F)F)nn12. The highest BCUT2D eigenvalue weighted by Crippen LogP contribution is 2.35. The molecule has 0 saturated heterocycles. The van der Waals surface area contributed by atoms with Gasteiger partial charge in [-0.2, -0.15) is 22.8 Å². The van der Waals surface area contributed by atoms with Gasteiger partial charge in [-0.3, -0.25) is 0 Å². The number of hydrogen-bond acceptors (Lipinski definition) is 3. The number of nitrogens with two attached hydrogens (primary N) is 1. The Morgan fingerprint density at radius 3 is 2.60 bits per heavy atom. The Balaban J connectivity index is 2.81. The van der Waals surface area contributed by atoms with Crippen LogP contribution in [0, 0.1) is 0 Å². The van der Waals surface area contributed by atoms with Gasteiger partial charge in [0.15, 0.2) is 11.3 Å². The quantitative estimate of drug-likeness (QED) is 0.804. The first-order chi connectivity index (χ1) is 6.91. The fourth-order valence-corrected chi connectivity index (χ4v) is 1.69. The lowest BCUT2D eigenvalue weighted by Crippen LogP contribution is -2.07. The molecule has 0 amide bonds. The predicted octanol–water partition coefficient (Wildman–Crippen LogP) is 2.09. The fourth-order valence-electron chi connectivity index (χ4n) is 1.12. The van der Waals surface area contributed by atoms with Crippen LogP contribution in [0.5, 0.6) is 0 Å². The van der Waals surface area contributed by atoms with Gasteiger partial charge in [0.05, 0.1) is 4.47 Å². The van der Waals surface area contributed by atoms with Gasteiger partial charge in [-0.15, -0.1) is 0 Å². The van der Waals surface area contributed by atoms with E-state index in [4.69, 9.17) is 5.73 Å². The van der Waals surface area contributed by atoms with E-state index in [2.05, 4.69) is 26.0 Å². The maximum absolute atomic E-state index is 12.4. The van der Waals surface area contributed by atoms with Crippen molar-refractivity contribution in [1.29, 1.82) is 0 Å². The average molecular weight is 281 g/mol. The third-order valence-electron chi connectivity index (χ3n) is 1.76. The lowest BCUT2D eigenvalue weighted by molar-refractivity contribution is -0.141. The highest BCUT2D eigenvalue weighted by Gasteiger charge is 2.38. The van der Waals surface area contributed by atoms with Crippen molar-refractivity contribution in [3.63, 3.8) is 0 Å². The van der Waals surface area contributed by atoms with E-state index in [1.54, 1.807) is 0 Å². The number of halogens is 4. The number of anilines is 1. The van der Waals surface area contributed by atoms with Crippen molar-refractivity contribution in [3.05, 3.63) is 22.4 Å². The van der Waals surface area contributed by atoms with Crippen molar-refractivity contribution in [2.45, 2.75) is 6.18 Å². The van der Waals surface area contributed by atoms with Gasteiger partial charge in [-0.05, 0) is 22.0 Å². The van der Waals surface area contributed by atoms with Gasteiger partial charge < -0.3 is 5.73 Å². The van der Waals surface area contributed by atoms with Gasteiger partial charge in [-0.25, -0.2) is 4.98 Å². The maximum Gasteiger partial charge on any atom is 0.436 e. The Bertz CT molecular complexity index is 519. The molecule has 0 spiro atoms. The van der Waals surface area contributed by atoms with E-state index in [0.29, 0.717) is 0 Å². The summed E-state index contributed by atoms with van der Waals surface area (Å²) in [5.41, 5.74) is 4.46. The molecule has 0 aliphatic rings. The summed E-state index contributed by atoms with van der Waals surface area (Å²) >= 11 is 2.80. The van der Waals surface area contributed by atoms with Crippen LogP contribution in [0.2, 0.25) is 0 Å². The standard InChI is InChI=1S/C7H4BrF3N4/c8-4-5(7(9,10)11)14-15-3(12)1-2-13-6(4)15/h1-2H,12H2. The predicted molar refractivity (Wildman–Crippen MR) is 50.1 cm³/mol. The molecule has 0 saturated carbocycles. The van der Waals surface area contributed by atoms with E-state index < -0.39 is 11.9 Å². The second kappa shape index (κ2) is 3.09. The Morgan fingerprint density at radius 2 is 2.07 bits per heavy atom. The molecule has 0 aromatic carbocycles. The van der Waals surface area contributed by atoms with Crippen LogP contribution in [0.4, 0.5) is 19.0 Å². The lowest BCUT2D eigenvalue weighted by atomic mass is 10.4. The van der Waals surface area contributed by atoms with Gasteiger partial charge in [0.2, 0.25) is 0 Å². The van der Waals surface area contributed by atoms with Crippen LogP contribution in [0.25, 0.3) is 5.65 Å². The van der Waals surface area contributed by atoms with Gasteiger partial charge in [0.25, 0.3) is 0 Å². The van der Waals surface area contributed by atoms with Crippen LogP contribution in [-0.2, 0) is 6.18 Å². The molecule has 2 N–H and O–H groups in total. The molecule has 2 heterocycles. The fraction of sp³-hybridized carbons (Fsp3) is 0.143. The molecule has 0 atom stereocenters. The monoisotopic (exact) mass is 280 g/mol. The summed E-state index contributed by atoms with van der Waals surface area (Å²) in [7, 11) is 0. The molecular formula is C7H4BrF3N4. The summed E-state index contributed by atoms with van der Waals surface area (Å²) in [6.45, 7) is 0. The molecule has 0 aliphatic heterocycles. The van der Waals surface area contributed by atoms with Gasteiger partial charge in [-0.1, -0.05) is 0 Å². The molecule has 15 heavy (non-hydrogen) atoms. The topological polar surface area (TPSA) is 56.2 Å². The lowest BCUT2D eigenvalue weighted by Gasteiger charge is -2.00. The van der Waals surface area contributed by atoms with Gasteiger partial charge in [0, 0.05) is 6.20 Å². The first kappa shape index (κ1) is 10.2. The third-order valence-corrected chi connectivity index (χ3v) is 2.49. The summed E-state index contributed by atoms with van der Waals surface area (Å²) < 4.78 is 38.1. The van der Waals surface area contributed by atoms with E-state index in [0.717, 1.165) is 4.52 Å². The number of alkyl halides is 3. The van der Waals surface area contributed by atoms with Gasteiger partial charge in [0.1, 0.15) is 5.82 Å². The Kier molecular flexibility index (Phi) is 2.10. The molecule has 2 aromatic heterocycles. The molecule has 0 fully saturated rings. The third kappa shape index (κ3) is 1.54. The molecule has 2 rings (SSSR count).